The van der Waals surface area contributed by atoms with Crippen LogP contribution < -0.4 is 21.2 Å². The minimum atomic E-state index is -0.709. The zero-order chi connectivity index (χ0) is 19.3. The van der Waals surface area contributed by atoms with Gasteiger partial charge in [-0.3, -0.25) is 9.59 Å². The van der Waals surface area contributed by atoms with Gasteiger partial charge < -0.3 is 20.0 Å². The fraction of sp³-hybridized carbons (Fsp3) is 0.389. The number of amides is 2. The Morgan fingerprint density at radius 2 is 1.88 bits per heavy atom. The van der Waals surface area contributed by atoms with E-state index < -0.39 is 17.7 Å². The Kier molecular flexibility index (Phi) is 7.01. The molecule has 2 aromatic rings. The number of nitrogens with one attached hydrogen (secondary N) is 2. The predicted octanol–water partition coefficient (Wildman–Crippen LogP) is 2.27. The molecule has 1 atom stereocenters. The Hall–Kier alpha value is -2.10. The van der Waals surface area contributed by atoms with Gasteiger partial charge in [-0.1, -0.05) is 22.6 Å². The van der Waals surface area contributed by atoms with Gasteiger partial charge in [-0.15, -0.1) is 0 Å². The summed E-state index contributed by atoms with van der Waals surface area (Å²) < 4.78 is 5.63. The Balaban J connectivity index is 2.28. The van der Waals surface area contributed by atoms with Crippen LogP contribution in [0.15, 0.2) is 33.5 Å². The fourth-order valence-corrected chi connectivity index (χ4v) is 2.85. The first kappa shape index (κ1) is 20.2. The van der Waals surface area contributed by atoms with Crippen molar-refractivity contribution >= 4 is 51.1 Å². The van der Waals surface area contributed by atoms with Gasteiger partial charge in [-0.25, -0.2) is 4.79 Å². The van der Waals surface area contributed by atoms with Gasteiger partial charge in [0.2, 0.25) is 5.91 Å². The molecule has 0 fully saturated rings. The summed E-state index contributed by atoms with van der Waals surface area (Å²) in [5.74, 6) is -0.789. The Labute approximate surface area is 165 Å². The van der Waals surface area contributed by atoms with Crippen molar-refractivity contribution in [1.82, 2.24) is 10.6 Å². The molecule has 0 spiro atoms. The molecule has 2 N–H and O–H groups in total. The van der Waals surface area contributed by atoms with E-state index in [0.29, 0.717) is 11.0 Å². The van der Waals surface area contributed by atoms with Crippen LogP contribution in [0.2, 0.25) is 0 Å². The van der Waals surface area contributed by atoms with E-state index in [2.05, 4.69) is 29.4 Å². The second kappa shape index (κ2) is 9.02. The van der Waals surface area contributed by atoms with Crippen molar-refractivity contribution in [2.45, 2.75) is 26.9 Å². The number of carbonyl (C=O) groups is 2. The van der Waals surface area contributed by atoms with Gasteiger partial charge in [0.05, 0.1) is 10.6 Å². The number of alkyl halides is 1. The minimum Gasteiger partial charge on any atom is -0.422 e. The second-order valence-electron chi connectivity index (χ2n) is 5.74. The van der Waals surface area contributed by atoms with Crippen LogP contribution in [0.3, 0.4) is 0 Å². The van der Waals surface area contributed by atoms with Crippen molar-refractivity contribution in [2.24, 2.45) is 0 Å². The van der Waals surface area contributed by atoms with Gasteiger partial charge in [0, 0.05) is 30.2 Å². The quantitative estimate of drug-likeness (QED) is 0.280. The SMILES string of the molecule is CCN(CC)c1ccc2cc(C(=O)NC(C)NC(=O)CI)c(=O)oc2c1. The maximum absolute atomic E-state index is 12.3. The minimum absolute atomic E-state index is 0.0938. The summed E-state index contributed by atoms with van der Waals surface area (Å²) in [7, 11) is 0. The van der Waals surface area contributed by atoms with Crippen LogP contribution in [-0.4, -0.2) is 35.5 Å². The molecular weight excluding hydrogens is 449 g/mol. The molecule has 8 heteroatoms. The number of anilines is 1. The maximum atomic E-state index is 12.3. The van der Waals surface area contributed by atoms with Gasteiger partial charge in [0.15, 0.2) is 0 Å². The van der Waals surface area contributed by atoms with Gasteiger partial charge in [0.1, 0.15) is 11.1 Å². The van der Waals surface area contributed by atoms with Crippen molar-refractivity contribution in [3.8, 4) is 0 Å². The number of halogens is 1. The number of hydrogen-bond acceptors (Lipinski definition) is 5. The third-order valence-corrected chi connectivity index (χ3v) is 4.63. The molecule has 0 aliphatic carbocycles. The maximum Gasteiger partial charge on any atom is 0.349 e. The summed E-state index contributed by atoms with van der Waals surface area (Å²) in [4.78, 5) is 38.1. The summed E-state index contributed by atoms with van der Waals surface area (Å²) >= 11 is 1.93. The molecule has 0 aliphatic heterocycles. The topological polar surface area (TPSA) is 91.7 Å². The zero-order valence-corrected chi connectivity index (χ0v) is 17.1. The smallest absolute Gasteiger partial charge is 0.349 e. The molecule has 26 heavy (non-hydrogen) atoms. The Morgan fingerprint density at radius 1 is 1.19 bits per heavy atom. The summed E-state index contributed by atoms with van der Waals surface area (Å²) in [5.41, 5.74) is 0.586. The second-order valence-corrected chi connectivity index (χ2v) is 6.50. The lowest BCUT2D eigenvalue weighted by atomic mass is 10.1. The van der Waals surface area contributed by atoms with Crippen LogP contribution in [0.5, 0.6) is 0 Å². The molecule has 0 bridgehead atoms. The Morgan fingerprint density at radius 3 is 2.50 bits per heavy atom. The number of fused-ring (bicyclic) bond motifs is 1. The molecule has 1 heterocycles. The summed E-state index contributed by atoms with van der Waals surface area (Å²) in [5, 5.41) is 5.84. The molecule has 1 aromatic heterocycles. The summed E-state index contributed by atoms with van der Waals surface area (Å²) in [6.45, 7) is 7.41. The number of hydrogen-bond donors (Lipinski definition) is 2. The molecule has 2 amide bonds. The highest BCUT2D eigenvalue weighted by molar-refractivity contribution is 14.1. The molecule has 0 saturated heterocycles. The van der Waals surface area contributed by atoms with E-state index in [1.807, 2.05) is 34.7 Å². The van der Waals surface area contributed by atoms with E-state index in [4.69, 9.17) is 4.42 Å². The van der Waals surface area contributed by atoms with Crippen LogP contribution in [0, 0.1) is 0 Å². The molecule has 0 radical (unpaired) electrons. The first-order chi connectivity index (χ1) is 12.4. The number of rotatable bonds is 7. The highest BCUT2D eigenvalue weighted by Crippen LogP contribution is 2.21. The molecular formula is C18H22IN3O4. The zero-order valence-electron chi connectivity index (χ0n) is 15.0. The predicted molar refractivity (Wildman–Crippen MR) is 110 cm³/mol. The van der Waals surface area contributed by atoms with Crippen molar-refractivity contribution in [3.05, 3.63) is 40.2 Å². The van der Waals surface area contributed by atoms with E-state index in [9.17, 15) is 14.4 Å². The van der Waals surface area contributed by atoms with Crippen LogP contribution in [0.4, 0.5) is 5.69 Å². The number of nitrogens with zero attached hydrogens (tertiary/aromatic N) is 1. The lowest BCUT2D eigenvalue weighted by Crippen LogP contribution is -2.47. The molecule has 0 aliphatic rings. The lowest BCUT2D eigenvalue weighted by Gasteiger charge is -2.21. The van der Waals surface area contributed by atoms with Crippen molar-refractivity contribution in [3.63, 3.8) is 0 Å². The monoisotopic (exact) mass is 471 g/mol. The normalized spacial score (nSPS) is 11.8. The van der Waals surface area contributed by atoms with Crippen LogP contribution in [0.1, 0.15) is 31.1 Å². The Bertz CT molecular complexity index is 861. The van der Waals surface area contributed by atoms with Crippen molar-refractivity contribution in [2.75, 3.05) is 22.4 Å². The van der Waals surface area contributed by atoms with E-state index >= 15 is 0 Å². The van der Waals surface area contributed by atoms with E-state index in [1.165, 1.54) is 6.07 Å². The standard InChI is InChI=1S/C18H22IN3O4/c1-4-22(5-2)13-7-6-12-8-14(18(25)26-15(12)9-13)17(24)21-11(3)20-16(23)10-19/h6-9,11H,4-5,10H2,1-3H3,(H,20,23)(H,21,24). The molecule has 1 unspecified atom stereocenters. The average Bonchev–Trinajstić information content (AvgIpc) is 2.61. The number of benzene rings is 1. The van der Waals surface area contributed by atoms with Crippen LogP contribution in [-0.2, 0) is 4.79 Å². The first-order valence-electron chi connectivity index (χ1n) is 8.38. The van der Waals surface area contributed by atoms with Gasteiger partial charge in [-0.2, -0.15) is 0 Å². The summed E-state index contributed by atoms with van der Waals surface area (Å²) in [6, 6.07) is 7.06. The molecule has 140 valence electrons. The molecule has 0 saturated carbocycles. The fourth-order valence-electron chi connectivity index (χ4n) is 2.63. The first-order valence-corrected chi connectivity index (χ1v) is 9.91. The largest absolute Gasteiger partial charge is 0.422 e. The highest BCUT2D eigenvalue weighted by Gasteiger charge is 2.17. The highest BCUT2D eigenvalue weighted by atomic mass is 127. The van der Waals surface area contributed by atoms with Gasteiger partial charge in [0.25, 0.3) is 5.91 Å². The van der Waals surface area contributed by atoms with Crippen molar-refractivity contribution in [1.29, 1.82) is 0 Å². The van der Waals surface area contributed by atoms with E-state index in [0.717, 1.165) is 18.8 Å². The lowest BCUT2D eigenvalue weighted by molar-refractivity contribution is -0.119. The third-order valence-electron chi connectivity index (χ3n) is 3.94. The van der Waals surface area contributed by atoms with E-state index in [-0.39, 0.29) is 15.9 Å². The van der Waals surface area contributed by atoms with Gasteiger partial charge >= 0.3 is 5.63 Å². The van der Waals surface area contributed by atoms with Crippen LogP contribution >= 0.6 is 22.6 Å². The van der Waals surface area contributed by atoms with Crippen LogP contribution in [0.25, 0.3) is 11.0 Å². The number of carbonyl (C=O) groups excluding carboxylic acids is 2. The van der Waals surface area contributed by atoms with Gasteiger partial charge in [-0.05, 0) is 39.0 Å². The summed E-state index contributed by atoms with van der Waals surface area (Å²) in [6.07, 6.45) is -0.593. The molecule has 1 aromatic carbocycles. The van der Waals surface area contributed by atoms with Crippen molar-refractivity contribution < 1.29 is 14.0 Å². The molecule has 7 nitrogen and oxygen atoms in total. The third kappa shape index (κ3) is 4.75. The average molecular weight is 471 g/mol. The molecule has 2 rings (SSSR count). The van der Waals surface area contributed by atoms with E-state index in [1.54, 1.807) is 13.0 Å².